The maximum Gasteiger partial charge on any atom is 0.0743 e. The predicted octanol–water partition coefficient (Wildman–Crippen LogP) is 4.48. The largest absolute Gasteiger partial charge is 0.228 e. The SMILES string of the molecule is S=C=NCc1ccc(Cc2ccc(CN=C=S)cc2)cc1. The lowest BCUT2D eigenvalue weighted by atomic mass is 10.0. The van der Waals surface area contributed by atoms with Crippen molar-refractivity contribution in [3.8, 4) is 0 Å². The highest BCUT2D eigenvalue weighted by Crippen LogP contribution is 2.13. The molecule has 2 nitrogen and oxygen atoms in total. The summed E-state index contributed by atoms with van der Waals surface area (Å²) >= 11 is 9.14. The van der Waals surface area contributed by atoms with E-state index in [1.165, 1.54) is 11.1 Å². The van der Waals surface area contributed by atoms with Crippen LogP contribution in [0.15, 0.2) is 58.5 Å². The maximum absolute atomic E-state index is 4.57. The second-order valence-corrected chi connectivity index (χ2v) is 4.99. The van der Waals surface area contributed by atoms with E-state index in [1.807, 2.05) is 0 Å². The van der Waals surface area contributed by atoms with Gasteiger partial charge in [-0.15, -0.1) is 0 Å². The van der Waals surface area contributed by atoms with Crippen LogP contribution in [0.2, 0.25) is 0 Å². The van der Waals surface area contributed by atoms with Crippen LogP contribution in [0.25, 0.3) is 0 Å². The van der Waals surface area contributed by atoms with Gasteiger partial charge in [-0.2, -0.15) is 0 Å². The first-order chi connectivity index (χ1) is 10.3. The third kappa shape index (κ3) is 5.14. The Morgan fingerprint density at radius 2 is 0.952 bits per heavy atom. The van der Waals surface area contributed by atoms with Crippen molar-refractivity contribution < 1.29 is 0 Å². The van der Waals surface area contributed by atoms with Gasteiger partial charge < -0.3 is 0 Å². The van der Waals surface area contributed by atoms with Crippen molar-refractivity contribution in [1.82, 2.24) is 0 Å². The molecule has 0 unspecified atom stereocenters. The Morgan fingerprint density at radius 3 is 1.29 bits per heavy atom. The fourth-order valence-corrected chi connectivity index (χ4v) is 2.14. The lowest BCUT2D eigenvalue weighted by Crippen LogP contribution is -1.90. The lowest BCUT2D eigenvalue weighted by molar-refractivity contribution is 1.06. The molecular weight excluding hydrogens is 296 g/mol. The highest BCUT2D eigenvalue weighted by Gasteiger charge is 1.98. The Balaban J connectivity index is 2.00. The van der Waals surface area contributed by atoms with Gasteiger partial charge in [0.15, 0.2) is 0 Å². The van der Waals surface area contributed by atoms with Gasteiger partial charge in [-0.05, 0) is 53.1 Å². The third-order valence-corrected chi connectivity index (χ3v) is 3.36. The average Bonchev–Trinajstić information content (AvgIpc) is 2.53. The molecule has 21 heavy (non-hydrogen) atoms. The van der Waals surface area contributed by atoms with Gasteiger partial charge in [-0.25, -0.2) is 9.98 Å². The van der Waals surface area contributed by atoms with Crippen LogP contribution in [-0.4, -0.2) is 10.3 Å². The summed E-state index contributed by atoms with van der Waals surface area (Å²) in [5.41, 5.74) is 4.83. The quantitative estimate of drug-likeness (QED) is 0.580. The van der Waals surface area contributed by atoms with E-state index in [0.29, 0.717) is 13.1 Å². The molecule has 0 heterocycles. The molecule has 0 amide bonds. The van der Waals surface area contributed by atoms with Crippen LogP contribution < -0.4 is 0 Å². The first-order valence-corrected chi connectivity index (χ1v) is 7.36. The Hall–Kier alpha value is -1.96. The fourth-order valence-electron chi connectivity index (χ4n) is 2.01. The standard InChI is InChI=1S/C17H14N2S2/c20-12-18-10-16-5-1-14(2-6-16)9-15-3-7-17(8-4-15)11-19-13-21/h1-8H,9-11H2. The van der Waals surface area contributed by atoms with Gasteiger partial charge in [0.25, 0.3) is 0 Å². The number of isothiocyanates is 2. The van der Waals surface area contributed by atoms with Gasteiger partial charge in [-0.1, -0.05) is 48.5 Å². The van der Waals surface area contributed by atoms with Crippen molar-refractivity contribution in [2.45, 2.75) is 19.5 Å². The molecule has 0 fully saturated rings. The predicted molar refractivity (Wildman–Crippen MR) is 93.2 cm³/mol. The van der Waals surface area contributed by atoms with E-state index >= 15 is 0 Å². The van der Waals surface area contributed by atoms with E-state index in [0.717, 1.165) is 17.5 Å². The van der Waals surface area contributed by atoms with Crippen molar-refractivity contribution in [2.75, 3.05) is 0 Å². The number of hydrogen-bond acceptors (Lipinski definition) is 4. The van der Waals surface area contributed by atoms with E-state index in [4.69, 9.17) is 0 Å². The molecule has 0 aliphatic rings. The summed E-state index contributed by atoms with van der Waals surface area (Å²) < 4.78 is 0. The first kappa shape index (κ1) is 15.4. The lowest BCUT2D eigenvalue weighted by Gasteiger charge is -2.04. The third-order valence-electron chi connectivity index (χ3n) is 3.11. The summed E-state index contributed by atoms with van der Waals surface area (Å²) in [5.74, 6) is 0. The summed E-state index contributed by atoms with van der Waals surface area (Å²) in [7, 11) is 0. The zero-order valence-corrected chi connectivity index (χ0v) is 13.1. The molecule has 0 saturated carbocycles. The monoisotopic (exact) mass is 310 g/mol. The molecule has 0 aliphatic heterocycles. The van der Waals surface area contributed by atoms with Crippen LogP contribution in [0.5, 0.6) is 0 Å². The van der Waals surface area contributed by atoms with Crippen LogP contribution in [0.3, 0.4) is 0 Å². The first-order valence-electron chi connectivity index (χ1n) is 6.54. The minimum absolute atomic E-state index is 0.596. The topological polar surface area (TPSA) is 24.7 Å². The van der Waals surface area contributed by atoms with Gasteiger partial charge in [0.2, 0.25) is 0 Å². The molecule has 104 valence electrons. The highest BCUT2D eigenvalue weighted by atomic mass is 32.1. The zero-order valence-electron chi connectivity index (χ0n) is 11.5. The molecule has 0 bridgehead atoms. The highest BCUT2D eigenvalue weighted by molar-refractivity contribution is 7.78. The Bertz CT molecular complexity index is 616. The molecule has 2 rings (SSSR count). The summed E-state index contributed by atoms with van der Waals surface area (Å²) in [5, 5.41) is 4.76. The van der Waals surface area contributed by atoms with Crippen LogP contribution in [0.1, 0.15) is 22.3 Å². The number of benzene rings is 2. The van der Waals surface area contributed by atoms with Crippen LogP contribution in [0.4, 0.5) is 0 Å². The average molecular weight is 310 g/mol. The molecule has 0 radical (unpaired) electrons. The Morgan fingerprint density at radius 1 is 0.619 bits per heavy atom. The minimum Gasteiger partial charge on any atom is -0.228 e. The molecule has 0 saturated heterocycles. The molecule has 0 atom stereocenters. The molecule has 0 aromatic heterocycles. The van der Waals surface area contributed by atoms with Crippen LogP contribution in [-0.2, 0) is 19.5 Å². The van der Waals surface area contributed by atoms with Crippen molar-refractivity contribution in [3.05, 3.63) is 70.8 Å². The van der Waals surface area contributed by atoms with Crippen molar-refractivity contribution in [1.29, 1.82) is 0 Å². The fraction of sp³-hybridized carbons (Fsp3) is 0.176. The van der Waals surface area contributed by atoms with E-state index in [-0.39, 0.29) is 0 Å². The van der Waals surface area contributed by atoms with Crippen molar-refractivity contribution in [3.63, 3.8) is 0 Å². The smallest absolute Gasteiger partial charge is 0.0743 e. The summed E-state index contributed by atoms with van der Waals surface area (Å²) in [6.45, 7) is 1.19. The Kier molecular flexibility index (Phi) is 6.14. The minimum atomic E-state index is 0.596. The van der Waals surface area contributed by atoms with Gasteiger partial charge >= 0.3 is 0 Å². The second kappa shape index (κ2) is 8.35. The maximum atomic E-state index is 4.57. The van der Waals surface area contributed by atoms with Gasteiger partial charge in [0.1, 0.15) is 0 Å². The van der Waals surface area contributed by atoms with Gasteiger partial charge in [0.05, 0.1) is 23.4 Å². The number of hydrogen-bond donors (Lipinski definition) is 0. The molecule has 4 heteroatoms. The van der Waals surface area contributed by atoms with Gasteiger partial charge in [0, 0.05) is 0 Å². The zero-order chi connectivity index (χ0) is 14.9. The second-order valence-electron chi connectivity index (χ2n) is 4.62. The van der Waals surface area contributed by atoms with Crippen molar-refractivity contribution in [2.24, 2.45) is 9.98 Å². The molecule has 0 N–H and O–H groups in total. The van der Waals surface area contributed by atoms with E-state index in [2.05, 4.69) is 93.3 Å². The number of rotatable bonds is 6. The van der Waals surface area contributed by atoms with E-state index < -0.39 is 0 Å². The van der Waals surface area contributed by atoms with Crippen LogP contribution >= 0.6 is 24.4 Å². The summed E-state index contributed by atoms with van der Waals surface area (Å²) in [4.78, 5) is 7.87. The summed E-state index contributed by atoms with van der Waals surface area (Å²) in [6, 6.07) is 16.8. The normalized spacial score (nSPS) is 9.52. The molecule has 0 aliphatic carbocycles. The molecule has 2 aromatic carbocycles. The van der Waals surface area contributed by atoms with E-state index in [9.17, 15) is 0 Å². The van der Waals surface area contributed by atoms with Gasteiger partial charge in [-0.3, -0.25) is 0 Å². The van der Waals surface area contributed by atoms with E-state index in [1.54, 1.807) is 0 Å². The van der Waals surface area contributed by atoms with Crippen molar-refractivity contribution >= 4 is 34.8 Å². The Labute approximate surface area is 135 Å². The summed E-state index contributed by atoms with van der Waals surface area (Å²) in [6.07, 6.45) is 0.910. The number of nitrogens with zero attached hydrogens (tertiary/aromatic N) is 2. The molecule has 2 aromatic rings. The number of aliphatic imine (C=N–C) groups is 2. The number of thiocarbonyl (C=S) groups is 2. The van der Waals surface area contributed by atoms with Crippen LogP contribution in [0, 0.1) is 0 Å². The molecular formula is C17H14N2S2. The molecule has 0 spiro atoms.